The Hall–Kier alpha value is -4.41. The molecule has 44 heavy (non-hydrogen) atoms. The van der Waals surface area contributed by atoms with E-state index in [0.717, 1.165) is 42.0 Å². The number of aliphatic imine (C=N–C) groups is 1. The molecule has 1 saturated heterocycles. The van der Waals surface area contributed by atoms with Gasteiger partial charge in [0, 0.05) is 18.0 Å². The number of hydrogen-bond acceptors (Lipinski definition) is 8. The van der Waals surface area contributed by atoms with Gasteiger partial charge in [0.2, 0.25) is 0 Å². The number of nitrogens with zero attached hydrogens (tertiary/aromatic N) is 4. The number of anilines is 2. The molecule has 0 aliphatic carbocycles. The average molecular weight is 624 g/mol. The van der Waals surface area contributed by atoms with E-state index >= 15 is 0 Å². The van der Waals surface area contributed by atoms with Gasteiger partial charge >= 0.3 is 12.4 Å². The van der Waals surface area contributed by atoms with Crippen LogP contribution in [0.25, 0.3) is 0 Å². The average Bonchev–Trinajstić information content (AvgIpc) is 3.67. The molecule has 230 valence electrons. The van der Waals surface area contributed by atoms with Crippen molar-refractivity contribution in [3.05, 3.63) is 89.0 Å². The number of rotatable bonds is 9. The Morgan fingerprint density at radius 1 is 1.18 bits per heavy atom. The van der Waals surface area contributed by atoms with Crippen LogP contribution in [0, 0.1) is 18.3 Å². The molecule has 13 heteroatoms. The van der Waals surface area contributed by atoms with Gasteiger partial charge in [-0.2, -0.15) is 10.7 Å². The van der Waals surface area contributed by atoms with Gasteiger partial charge in [-0.3, -0.25) is 5.01 Å². The summed E-state index contributed by atoms with van der Waals surface area (Å²) >= 11 is 1.65. The molecule has 2 aliphatic rings. The highest BCUT2D eigenvalue weighted by molar-refractivity contribution is 8.00. The first-order chi connectivity index (χ1) is 21.1. The third-order valence-electron chi connectivity index (χ3n) is 7.15. The predicted molar refractivity (Wildman–Crippen MR) is 165 cm³/mol. The van der Waals surface area contributed by atoms with Crippen molar-refractivity contribution in [3.8, 4) is 11.8 Å². The van der Waals surface area contributed by atoms with Crippen molar-refractivity contribution in [2.24, 2.45) is 4.99 Å². The molecule has 3 aromatic rings. The zero-order chi connectivity index (χ0) is 31.3. The molecule has 3 unspecified atom stereocenters. The molecule has 0 saturated carbocycles. The molecule has 5 rings (SSSR count). The summed E-state index contributed by atoms with van der Waals surface area (Å²) < 4.78 is 41.2. The van der Waals surface area contributed by atoms with E-state index in [4.69, 9.17) is 0 Å². The zero-order valence-electron chi connectivity index (χ0n) is 24.1. The van der Waals surface area contributed by atoms with E-state index in [1.807, 2.05) is 0 Å². The third kappa shape index (κ3) is 7.56. The van der Waals surface area contributed by atoms with Gasteiger partial charge in [0.15, 0.2) is 5.50 Å². The van der Waals surface area contributed by atoms with E-state index in [0.29, 0.717) is 11.3 Å². The van der Waals surface area contributed by atoms with Crippen LogP contribution in [0.1, 0.15) is 47.8 Å². The van der Waals surface area contributed by atoms with E-state index in [9.17, 15) is 23.2 Å². The van der Waals surface area contributed by atoms with E-state index in [1.165, 1.54) is 36.2 Å². The predicted octanol–water partition coefficient (Wildman–Crippen LogP) is 6.30. The number of benzene rings is 3. The second-order valence-corrected chi connectivity index (χ2v) is 11.5. The highest BCUT2D eigenvalue weighted by Gasteiger charge is 2.31. The summed E-state index contributed by atoms with van der Waals surface area (Å²) in [6.07, 6.45) is -1.69. The molecule has 0 aromatic heterocycles. The number of urea groups is 1. The minimum atomic E-state index is -4.76. The van der Waals surface area contributed by atoms with Crippen molar-refractivity contribution in [1.82, 2.24) is 16.1 Å². The number of hydrogen-bond donors (Lipinski definition) is 3. The quantitative estimate of drug-likeness (QED) is 0.257. The lowest BCUT2D eigenvalue weighted by Crippen LogP contribution is -2.48. The summed E-state index contributed by atoms with van der Waals surface area (Å²) in [5.41, 5.74) is 8.43. The lowest BCUT2D eigenvalue weighted by Gasteiger charge is -2.29. The molecule has 2 amide bonds. The Bertz CT molecular complexity index is 1530. The van der Waals surface area contributed by atoms with Crippen LogP contribution in [0.2, 0.25) is 0 Å². The van der Waals surface area contributed by atoms with Crippen molar-refractivity contribution in [3.63, 3.8) is 0 Å². The summed E-state index contributed by atoms with van der Waals surface area (Å²) in [4.78, 5) is 19.7. The van der Waals surface area contributed by atoms with Crippen molar-refractivity contribution < 1.29 is 22.7 Å². The summed E-state index contributed by atoms with van der Waals surface area (Å²) in [6, 6.07) is 19.8. The minimum absolute atomic E-state index is 0.253. The Labute approximate surface area is 258 Å². The van der Waals surface area contributed by atoms with Crippen LogP contribution < -0.4 is 30.7 Å². The SMILES string of the molecule is CCCc1ccc(C)cc1N1CCSC1NC(=O)NC(C#N)c1ccc(C2N=CN(c3ccc(OC(F)(F)F)cc3)N2)cc1. The molecule has 1 fully saturated rings. The number of alkyl halides is 3. The summed E-state index contributed by atoms with van der Waals surface area (Å²) in [6.45, 7) is 5.02. The number of carbonyl (C=O) groups is 1. The molecule has 3 N–H and O–H groups in total. The topological polar surface area (TPSA) is 105 Å². The second-order valence-electron chi connectivity index (χ2n) is 10.4. The molecule has 0 bridgehead atoms. The third-order valence-corrected chi connectivity index (χ3v) is 8.25. The molecule has 2 aliphatic heterocycles. The number of halogens is 3. The first kappa shape index (κ1) is 31.0. The molecule has 0 spiro atoms. The Kier molecular flexibility index (Phi) is 9.51. The highest BCUT2D eigenvalue weighted by Crippen LogP contribution is 2.33. The van der Waals surface area contributed by atoms with Gasteiger partial charge in [0.05, 0.1) is 11.8 Å². The maximum Gasteiger partial charge on any atom is 0.573 e. The molecule has 3 aromatic carbocycles. The van der Waals surface area contributed by atoms with E-state index in [1.54, 1.807) is 41.0 Å². The minimum Gasteiger partial charge on any atom is -0.406 e. The largest absolute Gasteiger partial charge is 0.573 e. The normalized spacial score (nSPS) is 18.6. The van der Waals surface area contributed by atoms with Gasteiger partial charge in [0.1, 0.15) is 24.3 Å². The van der Waals surface area contributed by atoms with Gasteiger partial charge < -0.3 is 20.3 Å². The smallest absolute Gasteiger partial charge is 0.406 e. The first-order valence-corrected chi connectivity index (χ1v) is 15.2. The molecule has 2 heterocycles. The van der Waals surface area contributed by atoms with Crippen molar-refractivity contribution >= 4 is 35.5 Å². The Morgan fingerprint density at radius 3 is 2.61 bits per heavy atom. The van der Waals surface area contributed by atoms with Gasteiger partial charge in [-0.05, 0) is 65.9 Å². The number of hydrazine groups is 1. The van der Waals surface area contributed by atoms with Gasteiger partial charge in [-0.25, -0.2) is 9.79 Å². The van der Waals surface area contributed by atoms with Crippen LogP contribution in [0.15, 0.2) is 71.7 Å². The number of carbonyl (C=O) groups excluding carboxylic acids is 1. The molecular weight excluding hydrogens is 591 g/mol. The van der Waals surface area contributed by atoms with Crippen LogP contribution in [0.4, 0.5) is 29.3 Å². The van der Waals surface area contributed by atoms with Crippen LogP contribution in [0.5, 0.6) is 5.75 Å². The zero-order valence-corrected chi connectivity index (χ0v) is 25.0. The van der Waals surface area contributed by atoms with Crippen molar-refractivity contribution in [2.75, 3.05) is 22.2 Å². The maximum absolute atomic E-state index is 13.0. The fourth-order valence-corrected chi connectivity index (χ4v) is 6.16. The fraction of sp³-hybridized carbons (Fsp3) is 0.323. The number of thioether (sulfide) groups is 1. The van der Waals surface area contributed by atoms with Gasteiger partial charge in [-0.1, -0.05) is 49.7 Å². The molecular formula is C31H32F3N7O2S. The maximum atomic E-state index is 13.0. The summed E-state index contributed by atoms with van der Waals surface area (Å²) in [5, 5.41) is 17.3. The second kappa shape index (κ2) is 13.5. The van der Waals surface area contributed by atoms with E-state index < -0.39 is 24.6 Å². The molecule has 3 atom stereocenters. The highest BCUT2D eigenvalue weighted by atomic mass is 32.2. The fourth-order valence-electron chi connectivity index (χ4n) is 5.05. The molecule has 0 radical (unpaired) electrons. The number of nitrogens with one attached hydrogen (secondary N) is 3. The van der Waals surface area contributed by atoms with Crippen LogP contribution in [-0.4, -0.2) is 36.5 Å². The van der Waals surface area contributed by atoms with Crippen LogP contribution in [0.3, 0.4) is 0 Å². The van der Waals surface area contributed by atoms with E-state index in [2.05, 4.69) is 68.8 Å². The number of nitriles is 1. The number of ether oxygens (including phenoxy) is 1. The Balaban J connectivity index is 1.18. The summed E-state index contributed by atoms with van der Waals surface area (Å²) in [7, 11) is 0. The monoisotopic (exact) mass is 623 g/mol. The lowest BCUT2D eigenvalue weighted by atomic mass is 10.0. The molecule has 9 nitrogen and oxygen atoms in total. The Morgan fingerprint density at radius 2 is 1.93 bits per heavy atom. The lowest BCUT2D eigenvalue weighted by molar-refractivity contribution is -0.274. The standard InChI is InChI=1S/C31H32F3N7O2S/c1-3-4-22-6-5-20(2)17-27(22)40-15-16-44-30(40)38-29(42)37-26(18-35)21-7-9-23(10-8-21)28-36-19-41(39-28)24-11-13-25(14-12-24)43-31(32,33)34/h5-14,17,19,26,28,30,39H,3-4,15-16H2,1-2H3,(H2,37,38,42). The van der Waals surface area contributed by atoms with Gasteiger partial charge in [-0.15, -0.1) is 24.9 Å². The number of amides is 2. The van der Waals surface area contributed by atoms with Crippen molar-refractivity contribution in [2.45, 2.75) is 50.8 Å². The van der Waals surface area contributed by atoms with Crippen LogP contribution in [-0.2, 0) is 6.42 Å². The van der Waals surface area contributed by atoms with E-state index in [-0.39, 0.29) is 11.2 Å². The van der Waals surface area contributed by atoms with Crippen LogP contribution >= 0.6 is 11.8 Å². The number of aryl methyl sites for hydroxylation is 2. The first-order valence-electron chi connectivity index (χ1n) is 14.1. The van der Waals surface area contributed by atoms with Crippen molar-refractivity contribution in [1.29, 1.82) is 5.26 Å². The summed E-state index contributed by atoms with van der Waals surface area (Å²) in [5.74, 6) is 0.561. The van der Waals surface area contributed by atoms with Gasteiger partial charge in [0.25, 0.3) is 0 Å².